The van der Waals surface area contributed by atoms with Crippen LogP contribution in [0.25, 0.3) is 22.8 Å². The van der Waals surface area contributed by atoms with Gasteiger partial charge in [-0.3, -0.25) is 9.97 Å². The van der Waals surface area contributed by atoms with E-state index in [4.69, 9.17) is 23.2 Å². The van der Waals surface area contributed by atoms with Gasteiger partial charge in [0.2, 0.25) is 0 Å². The van der Waals surface area contributed by atoms with Crippen LogP contribution in [0.3, 0.4) is 0 Å². The quantitative estimate of drug-likeness (QED) is 0.524. The third kappa shape index (κ3) is 3.49. The molecule has 0 atom stereocenters. The van der Waals surface area contributed by atoms with Gasteiger partial charge in [0.1, 0.15) is 5.69 Å². The Kier molecular flexibility index (Phi) is 5.46. The molecule has 0 spiro atoms. The fourth-order valence-corrected chi connectivity index (χ4v) is 2.18. The first-order valence-corrected chi connectivity index (χ1v) is 6.70. The van der Waals surface area contributed by atoms with E-state index in [0.29, 0.717) is 21.4 Å². The zero-order valence-corrected chi connectivity index (χ0v) is 14.4. The van der Waals surface area contributed by atoms with Crippen LogP contribution in [0.5, 0.6) is 0 Å². The van der Waals surface area contributed by atoms with Gasteiger partial charge in [-0.2, -0.15) is 0 Å². The van der Waals surface area contributed by atoms with Crippen LogP contribution in [0.15, 0.2) is 54.9 Å². The van der Waals surface area contributed by atoms with Crippen LogP contribution in [0.2, 0.25) is 10.0 Å². The van der Waals surface area contributed by atoms with Crippen LogP contribution in [-0.4, -0.2) is 15.0 Å². The number of halogens is 2. The number of rotatable bonds is 2. The van der Waals surface area contributed by atoms with Crippen LogP contribution in [0.4, 0.5) is 0 Å². The molecule has 3 aromatic heterocycles. The van der Waals surface area contributed by atoms with Crippen molar-refractivity contribution >= 4 is 23.2 Å². The Morgan fingerprint density at radius 1 is 0.714 bits per heavy atom. The zero-order valence-electron chi connectivity index (χ0n) is 10.6. The van der Waals surface area contributed by atoms with Crippen molar-refractivity contribution in [3.05, 3.63) is 64.9 Å². The maximum absolute atomic E-state index is 6.18. The summed E-state index contributed by atoms with van der Waals surface area (Å²) in [4.78, 5) is 13.1. The van der Waals surface area contributed by atoms with Gasteiger partial charge >= 0.3 is 0 Å². The van der Waals surface area contributed by atoms with Crippen molar-refractivity contribution in [1.82, 2.24) is 15.0 Å². The van der Waals surface area contributed by atoms with Crippen LogP contribution < -0.4 is 0 Å². The molecule has 0 unspecified atom stereocenters. The molecule has 0 bridgehead atoms. The summed E-state index contributed by atoms with van der Waals surface area (Å²) < 4.78 is 0. The summed E-state index contributed by atoms with van der Waals surface area (Å²) in [5, 5.41) is 0.863. The van der Waals surface area contributed by atoms with E-state index in [1.165, 1.54) is 0 Å². The van der Waals surface area contributed by atoms with E-state index < -0.39 is 0 Å². The summed E-state index contributed by atoms with van der Waals surface area (Å²) in [5.74, 6) is 0. The Hall–Kier alpha value is -1.28. The van der Waals surface area contributed by atoms with Crippen LogP contribution in [-0.2, 0) is 21.1 Å². The van der Waals surface area contributed by atoms with Crippen LogP contribution in [0.1, 0.15) is 0 Å². The number of hydrogen-bond donors (Lipinski definition) is 0. The molecule has 108 valence electrons. The first kappa shape index (κ1) is 16.1. The summed E-state index contributed by atoms with van der Waals surface area (Å²) >= 11 is 12.2. The molecule has 0 aliphatic heterocycles. The van der Waals surface area contributed by atoms with Gasteiger partial charge < -0.3 is 0 Å². The van der Waals surface area contributed by atoms with Gasteiger partial charge in [0.25, 0.3) is 0 Å². The monoisotopic (exact) mass is 496 g/mol. The molecule has 3 aromatic rings. The molecule has 0 amide bonds. The second-order valence-corrected chi connectivity index (χ2v) is 4.86. The van der Waals surface area contributed by atoms with Crippen LogP contribution >= 0.6 is 23.2 Å². The molecule has 6 heteroatoms. The molecule has 21 heavy (non-hydrogen) atoms. The fourth-order valence-electron chi connectivity index (χ4n) is 1.82. The van der Waals surface area contributed by atoms with E-state index in [2.05, 4.69) is 15.0 Å². The standard InChI is InChI=1S/C15H9Cl2N3.Pt/c16-10-7-9-19-15(14(10)17)13-6-3-5-12(20-13)11-4-1-2-8-18-11;/h1-9H;. The molecular weight excluding hydrogens is 488 g/mol. The Balaban J connectivity index is 0.00000161. The Bertz CT molecular complexity index is 751. The van der Waals surface area contributed by atoms with Gasteiger partial charge in [0, 0.05) is 33.5 Å². The number of hydrogen-bond acceptors (Lipinski definition) is 3. The molecule has 0 saturated heterocycles. The van der Waals surface area contributed by atoms with Gasteiger partial charge in [-0.05, 0) is 30.3 Å². The van der Waals surface area contributed by atoms with E-state index in [-0.39, 0.29) is 21.1 Å². The van der Waals surface area contributed by atoms with E-state index in [0.717, 1.165) is 11.4 Å². The van der Waals surface area contributed by atoms with Crippen molar-refractivity contribution in [3.8, 4) is 22.8 Å². The third-order valence-electron chi connectivity index (χ3n) is 2.76. The minimum atomic E-state index is 0. The molecular formula is C15H9Cl2N3Pt. The normalized spacial score (nSPS) is 10.0. The van der Waals surface area contributed by atoms with Crippen molar-refractivity contribution < 1.29 is 21.1 Å². The molecule has 3 rings (SSSR count). The van der Waals surface area contributed by atoms with Gasteiger partial charge in [-0.25, -0.2) is 4.98 Å². The van der Waals surface area contributed by atoms with E-state index in [1.54, 1.807) is 18.5 Å². The largest absolute Gasteiger partial charge is 0.255 e. The predicted octanol–water partition coefficient (Wildman–Crippen LogP) is 4.51. The van der Waals surface area contributed by atoms with Gasteiger partial charge in [-0.15, -0.1) is 0 Å². The topological polar surface area (TPSA) is 38.7 Å². The first-order chi connectivity index (χ1) is 9.75. The molecule has 0 fully saturated rings. The van der Waals surface area contributed by atoms with Gasteiger partial charge in [-0.1, -0.05) is 35.3 Å². The number of aromatic nitrogens is 3. The Labute approximate surface area is 146 Å². The van der Waals surface area contributed by atoms with E-state index in [1.807, 2.05) is 36.4 Å². The molecule has 3 nitrogen and oxygen atoms in total. The molecule has 3 heterocycles. The van der Waals surface area contributed by atoms with Crippen molar-refractivity contribution in [1.29, 1.82) is 0 Å². The summed E-state index contributed by atoms with van der Waals surface area (Å²) in [7, 11) is 0. The zero-order chi connectivity index (χ0) is 13.9. The summed E-state index contributed by atoms with van der Waals surface area (Å²) in [6, 6.07) is 13.0. The number of nitrogens with zero attached hydrogens (tertiary/aromatic N) is 3. The second kappa shape index (κ2) is 7.13. The third-order valence-corrected chi connectivity index (χ3v) is 3.56. The maximum atomic E-state index is 6.18. The summed E-state index contributed by atoms with van der Waals surface area (Å²) in [5.41, 5.74) is 2.80. The van der Waals surface area contributed by atoms with Crippen molar-refractivity contribution in [2.75, 3.05) is 0 Å². The number of pyridine rings is 3. The average molecular weight is 497 g/mol. The molecule has 0 aromatic carbocycles. The molecule has 0 radical (unpaired) electrons. The van der Waals surface area contributed by atoms with Crippen molar-refractivity contribution in [3.63, 3.8) is 0 Å². The van der Waals surface area contributed by atoms with Gasteiger partial charge in [0.05, 0.1) is 27.1 Å². The summed E-state index contributed by atoms with van der Waals surface area (Å²) in [6.45, 7) is 0. The minimum absolute atomic E-state index is 0. The Morgan fingerprint density at radius 3 is 2.24 bits per heavy atom. The molecule has 0 aliphatic carbocycles. The SMILES string of the molecule is Clc1ccnc(-c2cccc(-c3ccccn3)n2)c1Cl.[Pt]. The predicted molar refractivity (Wildman–Crippen MR) is 80.7 cm³/mol. The summed E-state index contributed by atoms with van der Waals surface area (Å²) in [6.07, 6.45) is 3.34. The average Bonchev–Trinajstić information content (AvgIpc) is 2.51. The second-order valence-electron chi connectivity index (χ2n) is 4.08. The Morgan fingerprint density at radius 2 is 1.48 bits per heavy atom. The van der Waals surface area contributed by atoms with E-state index >= 15 is 0 Å². The van der Waals surface area contributed by atoms with Gasteiger partial charge in [0.15, 0.2) is 0 Å². The molecule has 0 saturated carbocycles. The molecule has 0 N–H and O–H groups in total. The smallest absolute Gasteiger partial charge is 0.109 e. The minimum Gasteiger partial charge on any atom is -0.255 e. The van der Waals surface area contributed by atoms with Crippen LogP contribution in [0, 0.1) is 0 Å². The van der Waals surface area contributed by atoms with Crippen molar-refractivity contribution in [2.45, 2.75) is 0 Å². The fraction of sp³-hybridized carbons (Fsp3) is 0. The molecule has 0 aliphatic rings. The first-order valence-electron chi connectivity index (χ1n) is 5.94. The van der Waals surface area contributed by atoms with E-state index in [9.17, 15) is 0 Å². The van der Waals surface area contributed by atoms with Crippen molar-refractivity contribution in [2.24, 2.45) is 0 Å². The maximum Gasteiger partial charge on any atom is 0.109 e.